The van der Waals surface area contributed by atoms with E-state index in [1.165, 1.54) is 18.4 Å². The summed E-state index contributed by atoms with van der Waals surface area (Å²) in [6.07, 6.45) is 0.886. The van der Waals surface area contributed by atoms with E-state index in [0.717, 1.165) is 27.6 Å². The monoisotopic (exact) mass is 424 g/mol. The average Bonchev–Trinajstić information content (AvgIpc) is 3.34. The molecule has 154 valence electrons. The maximum Gasteiger partial charge on any atom is 0.325 e. The molecule has 0 fully saturated rings. The molecular formula is C22H20N2O5S. The third-order valence-corrected chi connectivity index (χ3v) is 5.85. The standard InChI is InChI=1S/C22H20N2O5S/c1-4-13-8-9-15-18(10-13)30-22(24(15)12-19(25)28-3)23-21(26)17-11-14-6-5-7-16(27-2)20(14)29-17/h5-11H,4,12H2,1-3H3. The van der Waals surface area contributed by atoms with Gasteiger partial charge in [0.1, 0.15) is 6.54 Å². The number of ether oxygens (including phenoxy) is 2. The van der Waals surface area contributed by atoms with E-state index in [0.29, 0.717) is 16.1 Å². The Morgan fingerprint density at radius 3 is 2.73 bits per heavy atom. The number of furan rings is 1. The fourth-order valence-electron chi connectivity index (χ4n) is 3.21. The van der Waals surface area contributed by atoms with Crippen molar-refractivity contribution in [3.63, 3.8) is 0 Å². The van der Waals surface area contributed by atoms with Gasteiger partial charge >= 0.3 is 11.9 Å². The van der Waals surface area contributed by atoms with E-state index < -0.39 is 11.9 Å². The second kappa shape index (κ2) is 8.16. The number of benzene rings is 2. The van der Waals surface area contributed by atoms with Crippen molar-refractivity contribution in [3.05, 3.63) is 58.6 Å². The Bertz CT molecular complexity index is 1330. The number of rotatable bonds is 5. The van der Waals surface area contributed by atoms with Gasteiger partial charge in [-0.1, -0.05) is 36.5 Å². The minimum Gasteiger partial charge on any atom is -0.493 e. The molecule has 0 spiro atoms. The van der Waals surface area contributed by atoms with Crippen molar-refractivity contribution in [3.8, 4) is 5.75 Å². The Hall–Kier alpha value is -3.39. The van der Waals surface area contributed by atoms with Gasteiger partial charge in [-0.15, -0.1) is 0 Å². The van der Waals surface area contributed by atoms with Gasteiger partial charge in [-0.25, -0.2) is 0 Å². The van der Waals surface area contributed by atoms with Crippen LogP contribution in [-0.4, -0.2) is 30.7 Å². The molecule has 0 N–H and O–H groups in total. The summed E-state index contributed by atoms with van der Waals surface area (Å²) in [6.45, 7) is 2.03. The Kier molecular flexibility index (Phi) is 5.41. The molecule has 30 heavy (non-hydrogen) atoms. The Morgan fingerprint density at radius 2 is 2.00 bits per heavy atom. The molecule has 8 heteroatoms. The first kappa shape index (κ1) is 19.9. The quantitative estimate of drug-likeness (QED) is 0.453. The predicted molar refractivity (Wildman–Crippen MR) is 114 cm³/mol. The number of aryl methyl sites for hydroxylation is 1. The van der Waals surface area contributed by atoms with Crippen LogP contribution in [0.1, 0.15) is 23.0 Å². The highest BCUT2D eigenvalue weighted by Crippen LogP contribution is 2.28. The summed E-state index contributed by atoms with van der Waals surface area (Å²) in [5, 5.41) is 0.749. The molecule has 0 unspecified atom stereocenters. The molecule has 2 aromatic carbocycles. The SMILES string of the molecule is CCc1ccc2c(c1)sc(=NC(=O)c1cc3cccc(OC)c3o1)n2CC(=O)OC. The molecule has 0 atom stereocenters. The number of methoxy groups -OCH3 is 2. The maximum absolute atomic E-state index is 12.9. The van der Waals surface area contributed by atoms with Crippen molar-refractivity contribution < 1.29 is 23.5 Å². The number of hydrogen-bond acceptors (Lipinski definition) is 6. The summed E-state index contributed by atoms with van der Waals surface area (Å²) in [5.74, 6) is -0.308. The van der Waals surface area contributed by atoms with Crippen molar-refractivity contribution in [1.29, 1.82) is 0 Å². The molecule has 0 aliphatic rings. The van der Waals surface area contributed by atoms with Crippen LogP contribution >= 0.6 is 11.3 Å². The number of para-hydroxylation sites is 1. The molecule has 0 aliphatic heterocycles. The molecule has 4 rings (SSSR count). The van der Waals surface area contributed by atoms with Gasteiger partial charge in [-0.3, -0.25) is 9.59 Å². The van der Waals surface area contributed by atoms with Gasteiger partial charge in [0.2, 0.25) is 0 Å². The zero-order chi connectivity index (χ0) is 21.3. The van der Waals surface area contributed by atoms with Gasteiger partial charge in [-0.05, 0) is 36.2 Å². The number of esters is 1. The Balaban J connectivity index is 1.83. The normalized spacial score (nSPS) is 11.9. The van der Waals surface area contributed by atoms with E-state index >= 15 is 0 Å². The van der Waals surface area contributed by atoms with E-state index in [1.807, 2.05) is 30.3 Å². The molecule has 0 saturated carbocycles. The van der Waals surface area contributed by atoms with Crippen LogP contribution in [0.3, 0.4) is 0 Å². The second-order valence-electron chi connectivity index (χ2n) is 6.61. The van der Waals surface area contributed by atoms with Crippen molar-refractivity contribution in [1.82, 2.24) is 4.57 Å². The van der Waals surface area contributed by atoms with Crippen LogP contribution in [-0.2, 0) is 22.5 Å². The summed E-state index contributed by atoms with van der Waals surface area (Å²) in [7, 11) is 2.87. The molecule has 0 saturated heterocycles. The van der Waals surface area contributed by atoms with E-state index in [2.05, 4.69) is 11.9 Å². The Labute approximate surface area is 176 Å². The zero-order valence-corrected chi connectivity index (χ0v) is 17.6. The van der Waals surface area contributed by atoms with Gasteiger partial charge in [0.05, 0.1) is 24.4 Å². The van der Waals surface area contributed by atoms with Crippen LogP contribution in [0.5, 0.6) is 5.75 Å². The van der Waals surface area contributed by atoms with Gasteiger partial charge in [0.15, 0.2) is 21.9 Å². The van der Waals surface area contributed by atoms with Crippen molar-refractivity contribution in [2.24, 2.45) is 4.99 Å². The number of thiazole rings is 1. The molecule has 7 nitrogen and oxygen atoms in total. The van der Waals surface area contributed by atoms with Gasteiger partial charge < -0.3 is 18.5 Å². The minimum atomic E-state index is -0.533. The molecule has 2 aromatic heterocycles. The number of carbonyl (C=O) groups excluding carboxylic acids is 2. The topological polar surface area (TPSA) is 83.0 Å². The third kappa shape index (κ3) is 3.61. The summed E-state index contributed by atoms with van der Waals surface area (Å²) in [4.78, 5) is 29.5. The highest BCUT2D eigenvalue weighted by Gasteiger charge is 2.16. The van der Waals surface area contributed by atoms with Crippen LogP contribution in [0, 0.1) is 0 Å². The van der Waals surface area contributed by atoms with E-state index in [1.54, 1.807) is 23.8 Å². The Morgan fingerprint density at radius 1 is 1.17 bits per heavy atom. The van der Waals surface area contributed by atoms with Crippen molar-refractivity contribution in [2.45, 2.75) is 19.9 Å². The molecule has 4 aromatic rings. The largest absolute Gasteiger partial charge is 0.493 e. The number of carbonyl (C=O) groups is 2. The van der Waals surface area contributed by atoms with Crippen LogP contribution in [0.15, 0.2) is 51.9 Å². The minimum absolute atomic E-state index is 0.0396. The van der Waals surface area contributed by atoms with Gasteiger partial charge in [-0.2, -0.15) is 4.99 Å². The zero-order valence-electron chi connectivity index (χ0n) is 16.8. The smallest absolute Gasteiger partial charge is 0.325 e. The summed E-state index contributed by atoms with van der Waals surface area (Å²) >= 11 is 1.34. The fourth-order valence-corrected chi connectivity index (χ4v) is 4.31. The van der Waals surface area contributed by atoms with Gasteiger partial charge in [0.25, 0.3) is 0 Å². The second-order valence-corrected chi connectivity index (χ2v) is 7.62. The number of fused-ring (bicyclic) bond motifs is 2. The molecule has 2 heterocycles. The lowest BCUT2D eigenvalue weighted by molar-refractivity contribution is -0.141. The highest BCUT2D eigenvalue weighted by atomic mass is 32.1. The van der Waals surface area contributed by atoms with Crippen molar-refractivity contribution in [2.75, 3.05) is 14.2 Å². The average molecular weight is 424 g/mol. The highest BCUT2D eigenvalue weighted by molar-refractivity contribution is 7.16. The molecular weight excluding hydrogens is 404 g/mol. The molecule has 1 amide bonds. The first-order chi connectivity index (χ1) is 14.5. The number of amides is 1. The lowest BCUT2D eigenvalue weighted by Gasteiger charge is -2.04. The summed E-state index contributed by atoms with van der Waals surface area (Å²) in [5.41, 5.74) is 2.47. The van der Waals surface area contributed by atoms with Crippen LogP contribution < -0.4 is 9.54 Å². The van der Waals surface area contributed by atoms with Crippen molar-refractivity contribution >= 4 is 44.4 Å². The number of nitrogens with zero attached hydrogens (tertiary/aromatic N) is 2. The third-order valence-electron chi connectivity index (χ3n) is 4.81. The molecule has 0 radical (unpaired) electrons. The van der Waals surface area contributed by atoms with E-state index in [-0.39, 0.29) is 12.3 Å². The summed E-state index contributed by atoms with van der Waals surface area (Å²) < 4.78 is 18.4. The number of aromatic nitrogens is 1. The fraction of sp³-hybridized carbons (Fsp3) is 0.227. The van der Waals surface area contributed by atoms with Crippen LogP contribution in [0.25, 0.3) is 21.2 Å². The summed E-state index contributed by atoms with van der Waals surface area (Å²) in [6, 6.07) is 13.0. The predicted octanol–water partition coefficient (Wildman–Crippen LogP) is 3.93. The maximum atomic E-state index is 12.9. The first-order valence-corrected chi connectivity index (χ1v) is 10.2. The molecule has 0 aliphatic carbocycles. The first-order valence-electron chi connectivity index (χ1n) is 9.38. The lowest BCUT2D eigenvalue weighted by atomic mass is 10.2. The van der Waals surface area contributed by atoms with Crippen LogP contribution in [0.2, 0.25) is 0 Å². The van der Waals surface area contributed by atoms with Crippen LogP contribution in [0.4, 0.5) is 0 Å². The lowest BCUT2D eigenvalue weighted by Crippen LogP contribution is -2.22. The van der Waals surface area contributed by atoms with E-state index in [4.69, 9.17) is 13.9 Å². The van der Waals surface area contributed by atoms with E-state index in [9.17, 15) is 9.59 Å². The van der Waals surface area contributed by atoms with Gasteiger partial charge in [0, 0.05) is 5.39 Å². The number of hydrogen-bond donors (Lipinski definition) is 0. The molecule has 0 bridgehead atoms.